The van der Waals surface area contributed by atoms with Crippen LogP contribution in [0.3, 0.4) is 0 Å². The molecule has 5 aliphatic heterocycles. The third-order valence-corrected chi connectivity index (χ3v) is 15.1. The van der Waals surface area contributed by atoms with Gasteiger partial charge in [0.25, 0.3) is 11.8 Å². The number of piperazine rings is 1. The van der Waals surface area contributed by atoms with E-state index >= 15 is 0 Å². The van der Waals surface area contributed by atoms with E-state index in [1.807, 2.05) is 35.2 Å². The SMILES string of the molecule is COc1cc(N2CCC(N3CCN(C(=O)[C@H]4CCN(c5ccc6c(c5)C(=O)N(C5CCC(=O)NC5=O)C6=O)C4)CC3)CC2)ccc1Nc1ncc(Cl)c(Nc2cccc3ccn(S(C)(=O)=O)c23)n1. The maximum atomic E-state index is 13.8. The molecule has 2 atom stereocenters. The molecule has 3 aromatic carbocycles. The highest BCUT2D eigenvalue weighted by atomic mass is 35.5. The molecule has 1 unspecified atom stereocenters. The molecule has 2 aromatic heterocycles. The predicted molar refractivity (Wildman–Crippen MR) is 256 cm³/mol. The molecule has 4 saturated heterocycles. The number of benzene rings is 3. The Bertz CT molecular complexity index is 2990. The molecule has 0 aliphatic carbocycles. The maximum Gasteiger partial charge on any atom is 0.262 e. The summed E-state index contributed by atoms with van der Waals surface area (Å²) in [5.41, 5.74) is 3.89. The van der Waals surface area contributed by atoms with Crippen LogP contribution in [0.4, 0.5) is 34.5 Å². The monoisotopic (exact) mass is 963 g/mol. The van der Waals surface area contributed by atoms with Gasteiger partial charge in [-0.25, -0.2) is 17.4 Å². The number of hydrogen-bond donors (Lipinski definition) is 3. The lowest BCUT2D eigenvalue weighted by Gasteiger charge is -2.43. The Kier molecular flexibility index (Phi) is 11.9. The van der Waals surface area contributed by atoms with E-state index in [1.165, 1.54) is 16.4 Å². The number of fused-ring (bicyclic) bond motifs is 2. The van der Waals surface area contributed by atoms with Crippen LogP contribution in [-0.2, 0) is 24.4 Å². The number of amides is 5. The van der Waals surface area contributed by atoms with E-state index in [9.17, 15) is 32.4 Å². The number of methoxy groups -OCH3 is 1. The molecule has 0 bridgehead atoms. The molecule has 21 heteroatoms. The van der Waals surface area contributed by atoms with Crippen LogP contribution in [0.15, 0.2) is 73.1 Å². The molecule has 5 aromatic rings. The first-order valence-electron chi connectivity index (χ1n) is 22.7. The Morgan fingerprint density at radius 2 is 1.56 bits per heavy atom. The standard InChI is InChI=1S/C47H50ClN11O8S/c1-67-39-25-32(7-9-36(39)51-47-49-26-35(48)42(53-47)50-37-5-3-4-28-13-19-58(41(28)37)68(2,65)66)54-17-14-30(15-18-54)55-20-22-56(23-21-55)44(62)29-12-16-57(27-29)31-6-8-33-34(24-31)46(64)59(45(33)63)38-10-11-40(60)52-43(38)61/h3-9,13,19,24-26,29-30,38H,10-12,14-18,20-23,27H2,1-2H3,(H,52,60,61)(H2,49,50,51,53)/t29-,38?/m0/s1. The van der Waals surface area contributed by atoms with Gasteiger partial charge in [-0.3, -0.25) is 39.1 Å². The van der Waals surface area contributed by atoms with E-state index < -0.39 is 39.7 Å². The minimum Gasteiger partial charge on any atom is -0.494 e. The van der Waals surface area contributed by atoms with Crippen molar-refractivity contribution in [1.82, 2.24) is 34.0 Å². The van der Waals surface area contributed by atoms with Crippen molar-refractivity contribution in [3.05, 3.63) is 89.2 Å². The number of rotatable bonds is 11. The number of halogens is 1. The fourth-order valence-corrected chi connectivity index (χ4v) is 11.1. The molecule has 7 heterocycles. The van der Waals surface area contributed by atoms with E-state index in [2.05, 4.69) is 40.6 Å². The lowest BCUT2D eigenvalue weighted by Crippen LogP contribution is -2.55. The van der Waals surface area contributed by atoms with Crippen molar-refractivity contribution in [1.29, 1.82) is 0 Å². The molecule has 0 spiro atoms. The summed E-state index contributed by atoms with van der Waals surface area (Å²) in [6.45, 7) is 5.80. The first-order valence-corrected chi connectivity index (χ1v) is 24.9. The van der Waals surface area contributed by atoms with Crippen molar-refractivity contribution in [2.24, 2.45) is 5.92 Å². The number of piperidine rings is 2. The second-order valence-electron chi connectivity index (χ2n) is 17.8. The maximum absolute atomic E-state index is 13.8. The number of anilines is 6. The third-order valence-electron chi connectivity index (χ3n) is 13.8. The second kappa shape index (κ2) is 18.0. The molecular weight excluding hydrogens is 914 g/mol. The predicted octanol–water partition coefficient (Wildman–Crippen LogP) is 4.43. The van der Waals surface area contributed by atoms with Crippen LogP contribution < -0.4 is 30.5 Å². The van der Waals surface area contributed by atoms with Crippen molar-refractivity contribution in [2.45, 2.75) is 44.2 Å². The van der Waals surface area contributed by atoms with Gasteiger partial charge in [-0.1, -0.05) is 23.7 Å². The Hall–Kier alpha value is -6.77. The van der Waals surface area contributed by atoms with Gasteiger partial charge in [-0.15, -0.1) is 0 Å². The summed E-state index contributed by atoms with van der Waals surface area (Å²) in [6.07, 6.45) is 6.92. The zero-order valence-corrected chi connectivity index (χ0v) is 39.1. The van der Waals surface area contributed by atoms with Gasteiger partial charge >= 0.3 is 0 Å². The highest BCUT2D eigenvalue weighted by Gasteiger charge is 2.45. The molecule has 10 rings (SSSR count). The van der Waals surface area contributed by atoms with E-state index in [1.54, 1.807) is 37.4 Å². The number of nitrogens with one attached hydrogen (secondary N) is 3. The zero-order chi connectivity index (χ0) is 47.4. The Labute approximate surface area is 397 Å². The summed E-state index contributed by atoms with van der Waals surface area (Å²) in [4.78, 5) is 83.5. The minimum atomic E-state index is -3.57. The van der Waals surface area contributed by atoms with E-state index in [0.29, 0.717) is 67.1 Å². The fraction of sp³-hybridized carbons (Fsp3) is 0.383. The number of carbonyl (C=O) groups is 5. The number of aromatic nitrogens is 3. The molecule has 19 nitrogen and oxygen atoms in total. The van der Waals surface area contributed by atoms with Crippen molar-refractivity contribution >= 4 is 96.6 Å². The summed E-state index contributed by atoms with van der Waals surface area (Å²) in [5, 5.41) is 9.65. The number of carbonyl (C=O) groups excluding carboxylic acids is 5. The second-order valence-corrected chi connectivity index (χ2v) is 20.1. The van der Waals surface area contributed by atoms with Gasteiger partial charge < -0.3 is 30.1 Å². The third kappa shape index (κ3) is 8.55. The largest absolute Gasteiger partial charge is 0.494 e. The van der Waals surface area contributed by atoms with E-state index in [4.69, 9.17) is 16.3 Å². The quantitative estimate of drug-likeness (QED) is 0.156. The molecule has 0 radical (unpaired) electrons. The normalized spacial score (nSPS) is 20.6. The fourth-order valence-electron chi connectivity index (χ4n) is 10.2. The average Bonchev–Trinajstić information content (AvgIpc) is 4.08. The molecule has 4 fully saturated rings. The zero-order valence-electron chi connectivity index (χ0n) is 37.5. The van der Waals surface area contributed by atoms with Gasteiger partial charge in [0, 0.05) is 93.8 Å². The first kappa shape index (κ1) is 45.0. The summed E-state index contributed by atoms with van der Waals surface area (Å²) in [5.74, 6) is -1.03. The van der Waals surface area contributed by atoms with Gasteiger partial charge in [-0.2, -0.15) is 4.98 Å². The van der Waals surface area contributed by atoms with Crippen LogP contribution in [0.5, 0.6) is 5.75 Å². The van der Waals surface area contributed by atoms with Gasteiger partial charge in [0.2, 0.25) is 33.7 Å². The topological polar surface area (TPSA) is 212 Å². The lowest BCUT2D eigenvalue weighted by molar-refractivity contribution is -0.137. The Balaban J connectivity index is 0.708. The molecule has 5 aliphatic rings. The number of para-hydroxylation sites is 1. The molecule has 354 valence electrons. The number of ether oxygens (including phenoxy) is 1. The number of hydrogen-bond acceptors (Lipinski definition) is 15. The van der Waals surface area contributed by atoms with Crippen LogP contribution >= 0.6 is 11.6 Å². The van der Waals surface area contributed by atoms with Crippen LogP contribution in [0, 0.1) is 5.92 Å². The summed E-state index contributed by atoms with van der Waals surface area (Å²) >= 11 is 6.52. The van der Waals surface area contributed by atoms with Gasteiger partial charge in [0.05, 0.1) is 53.5 Å². The number of nitrogens with zero attached hydrogens (tertiary/aromatic N) is 8. The summed E-state index contributed by atoms with van der Waals surface area (Å²) in [6, 6.07) is 17.6. The first-order chi connectivity index (χ1) is 32.7. The molecule has 68 heavy (non-hydrogen) atoms. The summed E-state index contributed by atoms with van der Waals surface area (Å²) < 4.78 is 32.0. The molecule has 0 saturated carbocycles. The van der Waals surface area contributed by atoms with Gasteiger partial charge in [-0.05, 0) is 68.1 Å². The average molecular weight is 965 g/mol. The number of imide groups is 2. The Morgan fingerprint density at radius 3 is 2.31 bits per heavy atom. The highest BCUT2D eigenvalue weighted by molar-refractivity contribution is 7.89. The van der Waals surface area contributed by atoms with Crippen LogP contribution in [0.2, 0.25) is 5.02 Å². The van der Waals surface area contributed by atoms with E-state index in [0.717, 1.165) is 66.9 Å². The van der Waals surface area contributed by atoms with Gasteiger partial charge in [0.15, 0.2) is 5.82 Å². The van der Waals surface area contributed by atoms with Crippen molar-refractivity contribution in [2.75, 3.05) is 86.2 Å². The Morgan fingerprint density at radius 1 is 0.824 bits per heavy atom. The van der Waals surface area contributed by atoms with E-state index in [-0.39, 0.29) is 46.8 Å². The van der Waals surface area contributed by atoms with Crippen molar-refractivity contribution in [3.63, 3.8) is 0 Å². The highest BCUT2D eigenvalue weighted by Crippen LogP contribution is 2.37. The smallest absolute Gasteiger partial charge is 0.262 e. The van der Waals surface area contributed by atoms with Crippen molar-refractivity contribution in [3.8, 4) is 5.75 Å². The van der Waals surface area contributed by atoms with Crippen LogP contribution in [-0.4, -0.2) is 144 Å². The van der Waals surface area contributed by atoms with Crippen LogP contribution in [0.1, 0.15) is 52.8 Å². The van der Waals surface area contributed by atoms with Crippen molar-refractivity contribution < 1.29 is 37.1 Å². The molecule has 3 N–H and O–H groups in total. The minimum absolute atomic E-state index is 0.0577. The van der Waals surface area contributed by atoms with Gasteiger partial charge in [0.1, 0.15) is 16.8 Å². The molecular formula is C47H50ClN11O8S. The molecule has 5 amide bonds. The van der Waals surface area contributed by atoms with Crippen LogP contribution in [0.25, 0.3) is 10.9 Å². The lowest BCUT2D eigenvalue weighted by atomic mass is 10.0. The summed E-state index contributed by atoms with van der Waals surface area (Å²) in [7, 11) is -1.96.